The Balaban J connectivity index is 2.24. The molecule has 0 aliphatic carbocycles. The van der Waals surface area contributed by atoms with Gasteiger partial charge in [-0.15, -0.1) is 10.2 Å². The van der Waals surface area contributed by atoms with Crippen LogP contribution >= 0.6 is 43.2 Å². The van der Waals surface area contributed by atoms with E-state index in [4.69, 9.17) is 0 Å². The highest BCUT2D eigenvalue weighted by Gasteiger charge is 2.15. The highest BCUT2D eigenvalue weighted by Crippen LogP contribution is 2.32. The third kappa shape index (κ3) is 3.31. The van der Waals surface area contributed by atoms with Crippen LogP contribution in [0.25, 0.3) is 0 Å². The van der Waals surface area contributed by atoms with Crippen LogP contribution in [0.15, 0.2) is 21.1 Å². The molecule has 0 bridgehead atoms. The maximum absolute atomic E-state index is 12.1. The van der Waals surface area contributed by atoms with Crippen molar-refractivity contribution in [3.8, 4) is 0 Å². The van der Waals surface area contributed by atoms with E-state index in [0.717, 1.165) is 14.5 Å². The first kappa shape index (κ1) is 14.4. The lowest BCUT2D eigenvalue weighted by molar-refractivity contribution is 0.102. The van der Waals surface area contributed by atoms with Gasteiger partial charge < -0.3 is 10.6 Å². The molecule has 1 amide bonds. The molecule has 0 unspecified atom stereocenters. The number of aryl methyl sites for hydroxylation is 1. The van der Waals surface area contributed by atoms with Crippen molar-refractivity contribution in [1.82, 2.24) is 10.2 Å². The van der Waals surface area contributed by atoms with Crippen molar-refractivity contribution < 1.29 is 4.79 Å². The Morgan fingerprint density at radius 1 is 1.26 bits per heavy atom. The van der Waals surface area contributed by atoms with Crippen molar-refractivity contribution in [2.75, 3.05) is 17.7 Å². The Hall–Kier alpha value is -0.990. The van der Waals surface area contributed by atoms with E-state index in [9.17, 15) is 4.79 Å². The first-order valence-corrected chi connectivity index (χ1v) is 7.69. The Kier molecular flexibility index (Phi) is 4.54. The molecule has 2 rings (SSSR count). The normalized spacial score (nSPS) is 10.3. The maximum atomic E-state index is 12.1. The van der Waals surface area contributed by atoms with Crippen molar-refractivity contribution >= 4 is 59.9 Å². The lowest BCUT2D eigenvalue weighted by Crippen LogP contribution is -2.12. The fourth-order valence-corrected chi connectivity index (χ4v) is 3.61. The zero-order valence-corrected chi connectivity index (χ0v) is 14.1. The van der Waals surface area contributed by atoms with Gasteiger partial charge in [0.15, 0.2) is 0 Å². The van der Waals surface area contributed by atoms with E-state index in [1.165, 1.54) is 11.3 Å². The van der Waals surface area contributed by atoms with Crippen molar-refractivity contribution in [3.05, 3.63) is 31.6 Å². The molecule has 0 aliphatic rings. The summed E-state index contributed by atoms with van der Waals surface area (Å²) < 4.78 is 1.62. The predicted molar refractivity (Wildman–Crippen MR) is 84.0 cm³/mol. The van der Waals surface area contributed by atoms with Crippen molar-refractivity contribution in [2.45, 2.75) is 6.92 Å². The molecular weight excluding hydrogens is 396 g/mol. The van der Waals surface area contributed by atoms with Gasteiger partial charge in [-0.05, 0) is 56.5 Å². The molecule has 2 N–H and O–H groups in total. The van der Waals surface area contributed by atoms with Gasteiger partial charge in [-0.2, -0.15) is 0 Å². The maximum Gasteiger partial charge on any atom is 0.286 e. The van der Waals surface area contributed by atoms with Crippen molar-refractivity contribution in [3.63, 3.8) is 0 Å². The van der Waals surface area contributed by atoms with E-state index in [1.54, 1.807) is 7.05 Å². The van der Waals surface area contributed by atoms with E-state index in [1.807, 2.05) is 19.1 Å². The quantitative estimate of drug-likeness (QED) is 0.817. The summed E-state index contributed by atoms with van der Waals surface area (Å²) in [5, 5.41) is 14.2. The second-order valence-electron chi connectivity index (χ2n) is 3.72. The summed E-state index contributed by atoms with van der Waals surface area (Å²) in [6, 6.07) is 3.86. The van der Waals surface area contributed by atoms with Crippen LogP contribution in [0.2, 0.25) is 0 Å². The van der Waals surface area contributed by atoms with Crippen LogP contribution in [0.3, 0.4) is 0 Å². The molecule has 2 aromatic rings. The number of nitrogens with zero attached hydrogens (tertiary/aromatic N) is 2. The molecule has 1 heterocycles. The fraction of sp³-hybridized carbons (Fsp3) is 0.182. The third-order valence-electron chi connectivity index (χ3n) is 2.26. The SMILES string of the molecule is CNc1nnc(C(=O)Nc2c(Br)cc(C)cc2Br)s1. The largest absolute Gasteiger partial charge is 0.363 e. The highest BCUT2D eigenvalue weighted by atomic mass is 79.9. The van der Waals surface area contributed by atoms with Crippen LogP contribution < -0.4 is 10.6 Å². The van der Waals surface area contributed by atoms with Gasteiger partial charge in [0.25, 0.3) is 5.91 Å². The van der Waals surface area contributed by atoms with Crippen LogP contribution in [0.5, 0.6) is 0 Å². The van der Waals surface area contributed by atoms with Gasteiger partial charge in [0, 0.05) is 16.0 Å². The number of anilines is 2. The zero-order valence-electron chi connectivity index (χ0n) is 10.1. The molecule has 1 aromatic heterocycles. The number of hydrogen-bond acceptors (Lipinski definition) is 5. The zero-order chi connectivity index (χ0) is 14.0. The van der Waals surface area contributed by atoms with E-state index >= 15 is 0 Å². The lowest BCUT2D eigenvalue weighted by Gasteiger charge is -2.09. The van der Waals surface area contributed by atoms with Gasteiger partial charge in [0.05, 0.1) is 5.69 Å². The van der Waals surface area contributed by atoms with Crippen LogP contribution in [-0.2, 0) is 0 Å². The van der Waals surface area contributed by atoms with E-state index in [-0.39, 0.29) is 5.91 Å². The first-order valence-electron chi connectivity index (χ1n) is 5.29. The number of nitrogens with one attached hydrogen (secondary N) is 2. The number of carbonyl (C=O) groups excluding carboxylic acids is 1. The topological polar surface area (TPSA) is 66.9 Å². The van der Waals surface area contributed by atoms with Crippen LogP contribution in [-0.4, -0.2) is 23.2 Å². The van der Waals surface area contributed by atoms with Gasteiger partial charge in [-0.1, -0.05) is 11.3 Å². The number of hydrogen-bond donors (Lipinski definition) is 2. The minimum Gasteiger partial charge on any atom is -0.363 e. The summed E-state index contributed by atoms with van der Waals surface area (Å²) in [6.07, 6.45) is 0. The molecule has 100 valence electrons. The average molecular weight is 406 g/mol. The van der Waals surface area contributed by atoms with Gasteiger partial charge in [-0.25, -0.2) is 0 Å². The van der Waals surface area contributed by atoms with Gasteiger partial charge in [0.2, 0.25) is 10.1 Å². The third-order valence-corrected chi connectivity index (χ3v) is 4.45. The van der Waals surface area contributed by atoms with E-state index < -0.39 is 0 Å². The average Bonchev–Trinajstić information content (AvgIpc) is 2.82. The molecule has 0 aliphatic heterocycles. The van der Waals surface area contributed by atoms with Crippen LogP contribution in [0.1, 0.15) is 15.4 Å². The summed E-state index contributed by atoms with van der Waals surface area (Å²) >= 11 is 8.06. The molecule has 0 fully saturated rings. The summed E-state index contributed by atoms with van der Waals surface area (Å²) in [5.41, 5.74) is 1.77. The molecule has 1 aromatic carbocycles. The summed E-state index contributed by atoms with van der Waals surface area (Å²) in [4.78, 5) is 12.1. The van der Waals surface area contributed by atoms with E-state index in [0.29, 0.717) is 15.8 Å². The minimum atomic E-state index is -0.288. The van der Waals surface area contributed by atoms with Gasteiger partial charge in [-0.3, -0.25) is 4.79 Å². The summed E-state index contributed by atoms with van der Waals surface area (Å²) in [7, 11) is 1.73. The summed E-state index contributed by atoms with van der Waals surface area (Å²) in [5.74, 6) is -0.288. The highest BCUT2D eigenvalue weighted by molar-refractivity contribution is 9.11. The fourth-order valence-electron chi connectivity index (χ4n) is 1.40. The monoisotopic (exact) mass is 404 g/mol. The minimum absolute atomic E-state index is 0.288. The number of carbonyl (C=O) groups is 1. The van der Waals surface area contributed by atoms with Gasteiger partial charge >= 0.3 is 0 Å². The Morgan fingerprint density at radius 3 is 2.42 bits per heavy atom. The second kappa shape index (κ2) is 5.98. The smallest absolute Gasteiger partial charge is 0.286 e. The Labute approximate surface area is 131 Å². The predicted octanol–water partition coefficient (Wildman–Crippen LogP) is 3.67. The molecule has 5 nitrogen and oxygen atoms in total. The molecule has 19 heavy (non-hydrogen) atoms. The molecule has 0 saturated carbocycles. The number of rotatable bonds is 3. The first-order chi connectivity index (χ1) is 9.01. The molecular formula is C11H10Br2N4OS. The molecule has 8 heteroatoms. The number of amides is 1. The Morgan fingerprint density at radius 2 is 1.89 bits per heavy atom. The lowest BCUT2D eigenvalue weighted by atomic mass is 10.2. The number of benzene rings is 1. The van der Waals surface area contributed by atoms with Crippen molar-refractivity contribution in [2.24, 2.45) is 0 Å². The van der Waals surface area contributed by atoms with Gasteiger partial charge in [0.1, 0.15) is 0 Å². The Bertz CT molecular complexity index is 606. The number of aromatic nitrogens is 2. The number of halogens is 2. The molecule has 0 radical (unpaired) electrons. The molecule has 0 saturated heterocycles. The molecule has 0 spiro atoms. The van der Waals surface area contributed by atoms with Crippen molar-refractivity contribution in [1.29, 1.82) is 0 Å². The molecule has 0 atom stereocenters. The standard InChI is InChI=1S/C11H10Br2N4OS/c1-5-3-6(12)8(7(13)4-5)15-9(18)10-16-17-11(14-2)19-10/h3-4H,1-2H3,(H,14,17)(H,15,18). The van der Waals surface area contributed by atoms with Crippen LogP contribution in [0, 0.1) is 6.92 Å². The second-order valence-corrected chi connectivity index (χ2v) is 6.41. The van der Waals surface area contributed by atoms with E-state index in [2.05, 4.69) is 52.7 Å². The van der Waals surface area contributed by atoms with Crippen LogP contribution in [0.4, 0.5) is 10.8 Å². The summed E-state index contributed by atoms with van der Waals surface area (Å²) in [6.45, 7) is 1.98.